The molecule has 4 heterocycles. The lowest BCUT2D eigenvalue weighted by Gasteiger charge is -2.31. The summed E-state index contributed by atoms with van der Waals surface area (Å²) >= 11 is 0. The quantitative estimate of drug-likeness (QED) is 0.198. The molecule has 0 saturated carbocycles. The first-order chi connectivity index (χ1) is 23.7. The standard InChI is InChI=1S/C29H34FN9O4.C5H10O2/c1-3-32-24(41)15-34-25(42)16-39-29-27(28(36-39)17-7-10-38(11-8-17)26(43)5-4-23(31)40)19(6-9-33-29)20-13-22-18(12-21(20)30)14-35-37(22)2;1-5(2,3)7-4-6/h6,9,12-14,17H,3-5,7-8,10-11,15-16H2,1-2H3,(H2,31,40)(H,32,41)(H,34,42);4H,1-3H3. The maximum atomic E-state index is 15.6. The van der Waals surface area contributed by atoms with Gasteiger partial charge in [-0.3, -0.25) is 28.7 Å². The summed E-state index contributed by atoms with van der Waals surface area (Å²) in [5.41, 5.74) is 7.63. The monoisotopic (exact) mass is 693 g/mol. The van der Waals surface area contributed by atoms with Crippen molar-refractivity contribution in [3.63, 3.8) is 0 Å². The number of likely N-dealkylation sites (tertiary alicyclic amines) is 1. The lowest BCUT2D eigenvalue weighted by molar-refractivity contribution is -0.138. The van der Waals surface area contributed by atoms with Crippen molar-refractivity contribution in [1.82, 2.24) is 40.1 Å². The van der Waals surface area contributed by atoms with Crippen molar-refractivity contribution in [1.29, 1.82) is 0 Å². The van der Waals surface area contributed by atoms with E-state index in [0.717, 1.165) is 5.52 Å². The zero-order valence-corrected chi connectivity index (χ0v) is 29.0. The Morgan fingerprint density at radius 2 is 1.80 bits per heavy atom. The molecule has 1 aromatic carbocycles. The van der Waals surface area contributed by atoms with Crippen LogP contribution in [0.5, 0.6) is 0 Å². The minimum Gasteiger partial charge on any atom is -0.462 e. The Morgan fingerprint density at radius 3 is 2.42 bits per heavy atom. The molecule has 0 radical (unpaired) electrons. The molecule has 1 aliphatic heterocycles. The summed E-state index contributed by atoms with van der Waals surface area (Å²) in [6.45, 7) is 8.70. The van der Waals surface area contributed by atoms with Crippen LogP contribution in [0.25, 0.3) is 33.1 Å². The number of nitrogens with two attached hydrogens (primary N) is 1. The number of ether oxygens (including phenoxy) is 1. The third-order valence-corrected chi connectivity index (χ3v) is 8.12. The van der Waals surface area contributed by atoms with Crippen molar-refractivity contribution in [2.24, 2.45) is 12.8 Å². The van der Waals surface area contributed by atoms with E-state index in [9.17, 15) is 24.0 Å². The Labute approximate surface area is 288 Å². The summed E-state index contributed by atoms with van der Waals surface area (Å²) in [5, 5.41) is 15.6. The molecule has 4 amide bonds. The predicted molar refractivity (Wildman–Crippen MR) is 183 cm³/mol. The van der Waals surface area contributed by atoms with E-state index in [2.05, 4.69) is 25.5 Å². The number of hydrogen-bond donors (Lipinski definition) is 3. The van der Waals surface area contributed by atoms with Gasteiger partial charge in [0.15, 0.2) is 5.65 Å². The summed E-state index contributed by atoms with van der Waals surface area (Å²) in [6, 6.07) is 4.92. The number of fused-ring (bicyclic) bond motifs is 2. The van der Waals surface area contributed by atoms with Gasteiger partial charge in [-0.2, -0.15) is 10.2 Å². The number of benzene rings is 1. The molecule has 0 spiro atoms. The summed E-state index contributed by atoms with van der Waals surface area (Å²) in [4.78, 5) is 64.2. The number of primary amides is 1. The molecule has 5 rings (SSSR count). The molecule has 3 aromatic heterocycles. The molecular weight excluding hydrogens is 649 g/mol. The van der Waals surface area contributed by atoms with E-state index < -0.39 is 17.6 Å². The highest BCUT2D eigenvalue weighted by atomic mass is 19.1. The number of halogens is 1. The number of piperidine rings is 1. The average molecular weight is 694 g/mol. The molecule has 50 heavy (non-hydrogen) atoms. The van der Waals surface area contributed by atoms with Crippen LogP contribution >= 0.6 is 0 Å². The molecule has 268 valence electrons. The van der Waals surface area contributed by atoms with E-state index in [4.69, 9.17) is 10.8 Å². The molecule has 4 N–H and O–H groups in total. The number of nitrogens with zero attached hydrogens (tertiary/aromatic N) is 6. The summed E-state index contributed by atoms with van der Waals surface area (Å²) < 4.78 is 23.3. The van der Waals surface area contributed by atoms with Crippen LogP contribution in [0.2, 0.25) is 0 Å². The fraction of sp³-hybridized carbons (Fsp3) is 0.471. The second kappa shape index (κ2) is 16.3. The highest BCUT2D eigenvalue weighted by Gasteiger charge is 2.30. The molecule has 16 heteroatoms. The lowest BCUT2D eigenvalue weighted by Crippen LogP contribution is -2.38. The maximum Gasteiger partial charge on any atom is 0.293 e. The fourth-order valence-corrected chi connectivity index (χ4v) is 5.69. The Balaban J connectivity index is 0.000000727. The maximum absolute atomic E-state index is 15.6. The molecule has 0 atom stereocenters. The Hall–Kier alpha value is -5.41. The van der Waals surface area contributed by atoms with Crippen LogP contribution in [0.3, 0.4) is 0 Å². The van der Waals surface area contributed by atoms with Crippen LogP contribution < -0.4 is 16.4 Å². The van der Waals surface area contributed by atoms with Gasteiger partial charge in [-0.15, -0.1) is 0 Å². The second-order valence-corrected chi connectivity index (χ2v) is 12.9. The number of amides is 4. The van der Waals surface area contributed by atoms with E-state index in [0.29, 0.717) is 72.2 Å². The lowest BCUT2D eigenvalue weighted by atomic mass is 9.89. The molecule has 1 saturated heterocycles. The topological polar surface area (TPSA) is 196 Å². The third kappa shape index (κ3) is 9.39. The number of aryl methyl sites for hydroxylation is 1. The molecule has 15 nitrogen and oxygen atoms in total. The minimum atomic E-state index is -0.521. The highest BCUT2D eigenvalue weighted by molar-refractivity contribution is 5.98. The Morgan fingerprint density at radius 1 is 1.08 bits per heavy atom. The van der Waals surface area contributed by atoms with Crippen molar-refractivity contribution in [2.45, 2.75) is 71.4 Å². The van der Waals surface area contributed by atoms with E-state index in [1.807, 2.05) is 20.8 Å². The van der Waals surface area contributed by atoms with Gasteiger partial charge in [0.1, 0.15) is 18.0 Å². The van der Waals surface area contributed by atoms with Crippen LogP contribution in [0.15, 0.2) is 30.6 Å². The molecule has 0 bridgehead atoms. The summed E-state index contributed by atoms with van der Waals surface area (Å²) in [5.74, 6) is -1.92. The van der Waals surface area contributed by atoms with Gasteiger partial charge < -0.3 is 26.0 Å². The minimum absolute atomic E-state index is 0.00241. The number of hydrogen-bond acceptors (Lipinski definition) is 9. The van der Waals surface area contributed by atoms with Gasteiger partial charge in [0, 0.05) is 62.6 Å². The van der Waals surface area contributed by atoms with E-state index >= 15 is 4.39 Å². The van der Waals surface area contributed by atoms with E-state index in [1.165, 1.54) is 10.7 Å². The van der Waals surface area contributed by atoms with Crippen molar-refractivity contribution >= 4 is 52.0 Å². The van der Waals surface area contributed by atoms with Gasteiger partial charge in [0.05, 0.1) is 29.3 Å². The van der Waals surface area contributed by atoms with Crippen LogP contribution in [-0.4, -0.2) is 91.3 Å². The molecular formula is C34H44FN9O6. The van der Waals surface area contributed by atoms with Crippen LogP contribution in [0.1, 0.15) is 65.0 Å². The Kier molecular flexibility index (Phi) is 12.2. The summed E-state index contributed by atoms with van der Waals surface area (Å²) in [6.07, 6.45) is 4.37. The first-order valence-electron chi connectivity index (χ1n) is 16.4. The van der Waals surface area contributed by atoms with E-state index in [-0.39, 0.29) is 49.3 Å². The first-order valence-corrected chi connectivity index (χ1v) is 16.4. The van der Waals surface area contributed by atoms with Crippen LogP contribution in [0.4, 0.5) is 4.39 Å². The van der Waals surface area contributed by atoms with Crippen LogP contribution in [0, 0.1) is 5.82 Å². The average Bonchev–Trinajstić information content (AvgIpc) is 3.61. The zero-order valence-electron chi connectivity index (χ0n) is 29.0. The first kappa shape index (κ1) is 37.4. The predicted octanol–water partition coefficient (Wildman–Crippen LogP) is 2.31. The molecule has 0 aliphatic carbocycles. The van der Waals surface area contributed by atoms with Gasteiger partial charge >= 0.3 is 0 Å². The second-order valence-electron chi connectivity index (χ2n) is 12.9. The molecule has 1 aliphatic rings. The van der Waals surface area contributed by atoms with Gasteiger partial charge in [0.25, 0.3) is 6.47 Å². The molecule has 4 aromatic rings. The zero-order chi connectivity index (χ0) is 36.6. The van der Waals surface area contributed by atoms with Gasteiger partial charge in [-0.1, -0.05) is 0 Å². The molecule has 0 unspecified atom stereocenters. The summed E-state index contributed by atoms with van der Waals surface area (Å²) in [7, 11) is 1.79. The third-order valence-electron chi connectivity index (χ3n) is 8.12. The van der Waals surface area contributed by atoms with Crippen molar-refractivity contribution in [3.8, 4) is 11.1 Å². The smallest absolute Gasteiger partial charge is 0.293 e. The van der Waals surface area contributed by atoms with Crippen LogP contribution in [-0.2, 0) is 42.3 Å². The highest BCUT2D eigenvalue weighted by Crippen LogP contribution is 2.39. The Bertz CT molecular complexity index is 1870. The van der Waals surface area contributed by atoms with Gasteiger partial charge in [-0.25, -0.2) is 14.1 Å². The van der Waals surface area contributed by atoms with E-state index in [1.54, 1.807) is 48.1 Å². The number of likely N-dealkylation sites (N-methyl/N-ethyl adjacent to an activating group) is 1. The normalized spacial score (nSPS) is 13.4. The van der Waals surface area contributed by atoms with Gasteiger partial charge in [0.2, 0.25) is 23.6 Å². The number of nitrogens with one attached hydrogen (secondary N) is 2. The van der Waals surface area contributed by atoms with Crippen molar-refractivity contribution < 1.29 is 33.1 Å². The van der Waals surface area contributed by atoms with Crippen molar-refractivity contribution in [3.05, 3.63) is 42.1 Å². The van der Waals surface area contributed by atoms with Gasteiger partial charge in [-0.05, 0) is 64.3 Å². The largest absolute Gasteiger partial charge is 0.462 e. The number of aromatic nitrogens is 5. The number of rotatable bonds is 11. The number of carbonyl (C=O) groups excluding carboxylic acids is 5. The fourth-order valence-electron chi connectivity index (χ4n) is 5.69. The SMILES string of the molecule is CC(C)(C)OC=O.CCNC(=O)CNC(=O)Cn1nc(C2CCN(C(=O)CCC(N)=O)CC2)c2c(-c3cc4c(cnn4C)cc3F)ccnc21. The molecule has 1 fully saturated rings. The van der Waals surface area contributed by atoms with Crippen molar-refractivity contribution in [2.75, 3.05) is 26.2 Å². The number of pyridine rings is 1. The number of carbonyl (C=O) groups is 5.